The van der Waals surface area contributed by atoms with Crippen molar-refractivity contribution in [2.24, 2.45) is 0 Å². The molecule has 2 amide bonds. The van der Waals surface area contributed by atoms with Crippen LogP contribution in [0.4, 0.5) is 0 Å². The molecule has 0 spiro atoms. The zero-order valence-corrected chi connectivity index (χ0v) is 23.3. The number of hydrogen-bond donors (Lipinski definition) is 1. The van der Waals surface area contributed by atoms with Crippen LogP contribution in [-0.2, 0) is 22.7 Å². The van der Waals surface area contributed by atoms with Crippen LogP contribution in [0.15, 0.2) is 65.3 Å². The van der Waals surface area contributed by atoms with Gasteiger partial charge >= 0.3 is 0 Å². The van der Waals surface area contributed by atoms with Gasteiger partial charge in [-0.2, -0.15) is 4.80 Å². The molecule has 3 heterocycles. The number of benzene rings is 2. The number of methoxy groups -OCH3 is 1. The number of nitrogens with zero attached hydrogens (tertiary/aromatic N) is 5. The van der Waals surface area contributed by atoms with Crippen molar-refractivity contribution in [2.45, 2.75) is 57.3 Å². The Balaban J connectivity index is 1.28. The van der Waals surface area contributed by atoms with E-state index in [2.05, 4.69) is 20.7 Å². The second-order valence-corrected chi connectivity index (χ2v) is 10.3. The van der Waals surface area contributed by atoms with Crippen LogP contribution in [0.2, 0.25) is 0 Å². The molecule has 4 aromatic rings. The summed E-state index contributed by atoms with van der Waals surface area (Å²) >= 11 is 0. The number of furan rings is 1. The molecule has 0 radical (unpaired) electrons. The van der Waals surface area contributed by atoms with Crippen molar-refractivity contribution in [3.8, 4) is 28.6 Å². The summed E-state index contributed by atoms with van der Waals surface area (Å²) in [6.07, 6.45) is 6.59. The van der Waals surface area contributed by atoms with Crippen LogP contribution in [0.1, 0.15) is 49.5 Å². The molecule has 0 saturated heterocycles. The second-order valence-electron chi connectivity index (χ2n) is 10.3. The summed E-state index contributed by atoms with van der Waals surface area (Å²) in [4.78, 5) is 30.6. The molecule has 2 aliphatic rings. The molecule has 1 N–H and O–H groups in total. The molecule has 42 heavy (non-hydrogen) atoms. The monoisotopic (exact) mass is 572 g/mol. The Bertz CT molecular complexity index is 1510. The van der Waals surface area contributed by atoms with Crippen molar-refractivity contribution in [3.63, 3.8) is 0 Å². The van der Waals surface area contributed by atoms with Gasteiger partial charge in [0.25, 0.3) is 5.91 Å². The van der Waals surface area contributed by atoms with Crippen molar-refractivity contribution >= 4 is 11.8 Å². The maximum atomic E-state index is 14.0. The average molecular weight is 573 g/mol. The first-order chi connectivity index (χ1) is 20.6. The van der Waals surface area contributed by atoms with Gasteiger partial charge < -0.3 is 28.8 Å². The Morgan fingerprint density at radius 3 is 2.64 bits per heavy atom. The number of ether oxygens (including phenoxy) is 3. The first kappa shape index (κ1) is 27.3. The van der Waals surface area contributed by atoms with Gasteiger partial charge in [-0.05, 0) is 72.1 Å². The zero-order chi connectivity index (χ0) is 28.9. The molecule has 2 aromatic heterocycles. The molecule has 218 valence electrons. The molecule has 1 aliphatic heterocycles. The summed E-state index contributed by atoms with van der Waals surface area (Å²) in [7, 11) is 1.59. The van der Waals surface area contributed by atoms with Gasteiger partial charge in [0.1, 0.15) is 18.1 Å². The highest BCUT2D eigenvalue weighted by Crippen LogP contribution is 2.34. The van der Waals surface area contributed by atoms with E-state index < -0.39 is 6.04 Å². The summed E-state index contributed by atoms with van der Waals surface area (Å²) in [5.74, 6) is 1.97. The predicted molar refractivity (Wildman–Crippen MR) is 149 cm³/mol. The van der Waals surface area contributed by atoms with Crippen LogP contribution in [0, 0.1) is 0 Å². The summed E-state index contributed by atoms with van der Waals surface area (Å²) < 4.78 is 21.9. The van der Waals surface area contributed by atoms with Crippen LogP contribution < -0.4 is 19.5 Å². The number of rotatable bonds is 10. The number of fused-ring (bicyclic) bond motifs is 1. The highest BCUT2D eigenvalue weighted by Gasteiger charge is 2.35. The van der Waals surface area contributed by atoms with Gasteiger partial charge in [-0.25, -0.2) is 0 Å². The molecular formula is C30H32N6O6. The van der Waals surface area contributed by atoms with Crippen molar-refractivity contribution in [3.05, 3.63) is 72.2 Å². The van der Waals surface area contributed by atoms with Gasteiger partial charge in [0.2, 0.25) is 18.5 Å². The molecule has 1 fully saturated rings. The standard InChI is InChI=1S/C30H32N6O6/c1-39-23-12-10-21(11-13-23)29-32-34-36(33-29)18-27(37)35(17-20-9-14-24-26(16-20)42-19-41-24)28(25-8-5-15-40-25)30(38)31-22-6-3-2-4-7-22/h5,8-16,22,28H,2-4,6-7,17-19H2,1H3,(H,31,38)/t28-/m1/s1. The lowest BCUT2D eigenvalue weighted by Gasteiger charge is -2.32. The predicted octanol–water partition coefficient (Wildman–Crippen LogP) is 3.89. The smallest absolute Gasteiger partial charge is 0.250 e. The Morgan fingerprint density at radius 1 is 1.07 bits per heavy atom. The van der Waals surface area contributed by atoms with Gasteiger partial charge in [-0.1, -0.05) is 25.3 Å². The van der Waals surface area contributed by atoms with E-state index in [0.29, 0.717) is 28.8 Å². The molecule has 1 saturated carbocycles. The van der Waals surface area contributed by atoms with Crippen LogP contribution in [0.5, 0.6) is 17.2 Å². The molecule has 1 aliphatic carbocycles. The first-order valence-corrected chi connectivity index (χ1v) is 14.0. The minimum Gasteiger partial charge on any atom is -0.497 e. The molecule has 0 bridgehead atoms. The number of aromatic nitrogens is 4. The molecular weight excluding hydrogens is 540 g/mol. The maximum Gasteiger partial charge on any atom is 0.250 e. The lowest BCUT2D eigenvalue weighted by atomic mass is 9.95. The van der Waals surface area contributed by atoms with Gasteiger partial charge in [-0.3, -0.25) is 9.59 Å². The topological polar surface area (TPSA) is 134 Å². The fourth-order valence-corrected chi connectivity index (χ4v) is 5.34. The minimum atomic E-state index is -1.01. The largest absolute Gasteiger partial charge is 0.497 e. The third-order valence-electron chi connectivity index (χ3n) is 7.51. The third-order valence-corrected chi connectivity index (χ3v) is 7.51. The number of amides is 2. The summed E-state index contributed by atoms with van der Waals surface area (Å²) in [6, 6.07) is 15.1. The SMILES string of the molecule is COc1ccc(-c2nnn(CC(=O)N(Cc3ccc4c(c3)OCO4)[C@@H](C(=O)NC3CCCCC3)c3ccco3)n2)cc1. The van der Waals surface area contributed by atoms with E-state index in [9.17, 15) is 9.59 Å². The number of carbonyl (C=O) groups excluding carboxylic acids is 2. The number of hydrogen-bond acceptors (Lipinski definition) is 9. The van der Waals surface area contributed by atoms with Crippen LogP contribution >= 0.6 is 0 Å². The number of carbonyl (C=O) groups is 2. The van der Waals surface area contributed by atoms with Crippen molar-refractivity contribution in [1.82, 2.24) is 30.4 Å². The molecule has 12 nitrogen and oxygen atoms in total. The highest BCUT2D eigenvalue weighted by molar-refractivity contribution is 5.88. The molecule has 6 rings (SSSR count). The van der Waals surface area contributed by atoms with Gasteiger partial charge in [0.05, 0.1) is 13.4 Å². The quantitative estimate of drug-likeness (QED) is 0.300. The van der Waals surface area contributed by atoms with E-state index in [1.165, 1.54) is 16.0 Å². The van der Waals surface area contributed by atoms with E-state index in [-0.39, 0.29) is 37.7 Å². The van der Waals surface area contributed by atoms with Crippen molar-refractivity contribution in [1.29, 1.82) is 0 Å². The van der Waals surface area contributed by atoms with Gasteiger partial charge in [0.15, 0.2) is 17.5 Å². The van der Waals surface area contributed by atoms with Crippen LogP contribution in [-0.4, -0.2) is 56.9 Å². The normalized spacial score (nSPS) is 15.3. The van der Waals surface area contributed by atoms with E-state index in [1.807, 2.05) is 24.3 Å². The fraction of sp³-hybridized carbons (Fsp3) is 0.367. The molecule has 2 aromatic carbocycles. The minimum absolute atomic E-state index is 0.0512. The Hall–Kier alpha value is -4.87. The summed E-state index contributed by atoms with van der Waals surface area (Å²) in [5, 5.41) is 15.8. The van der Waals surface area contributed by atoms with Crippen molar-refractivity contribution in [2.75, 3.05) is 13.9 Å². The molecule has 1 atom stereocenters. The van der Waals surface area contributed by atoms with Gasteiger partial charge in [-0.15, -0.1) is 10.2 Å². The Labute approximate surface area is 242 Å². The molecule has 12 heteroatoms. The zero-order valence-electron chi connectivity index (χ0n) is 23.3. The lowest BCUT2D eigenvalue weighted by Crippen LogP contribution is -2.47. The lowest BCUT2D eigenvalue weighted by molar-refractivity contribution is -0.143. The van der Waals surface area contributed by atoms with Crippen molar-refractivity contribution < 1.29 is 28.2 Å². The molecule has 0 unspecified atom stereocenters. The van der Waals surface area contributed by atoms with E-state index in [1.54, 1.807) is 37.4 Å². The number of tetrazole rings is 1. The maximum absolute atomic E-state index is 14.0. The average Bonchev–Trinajstić information content (AvgIpc) is 3.80. The van der Waals surface area contributed by atoms with Gasteiger partial charge in [0, 0.05) is 18.2 Å². The van der Waals surface area contributed by atoms with E-state index >= 15 is 0 Å². The Morgan fingerprint density at radius 2 is 1.88 bits per heavy atom. The van der Waals surface area contributed by atoms with E-state index in [4.69, 9.17) is 18.6 Å². The third kappa shape index (κ3) is 6.07. The number of nitrogens with one attached hydrogen (secondary N) is 1. The first-order valence-electron chi connectivity index (χ1n) is 14.0. The highest BCUT2D eigenvalue weighted by atomic mass is 16.7. The van der Waals surface area contributed by atoms with Crippen LogP contribution in [0.25, 0.3) is 11.4 Å². The van der Waals surface area contributed by atoms with Crippen LogP contribution in [0.3, 0.4) is 0 Å². The summed E-state index contributed by atoms with van der Waals surface area (Å²) in [5.41, 5.74) is 1.49. The summed E-state index contributed by atoms with van der Waals surface area (Å²) in [6.45, 7) is 0.00925. The fourth-order valence-electron chi connectivity index (χ4n) is 5.34. The van der Waals surface area contributed by atoms with E-state index in [0.717, 1.165) is 43.2 Å². The second kappa shape index (κ2) is 12.3. The Kier molecular flexibility index (Phi) is 8.02.